The number of hydrogen-bond acceptors (Lipinski definition) is 5. The molecule has 1 aromatic carbocycles. The third-order valence-corrected chi connectivity index (χ3v) is 5.28. The molecule has 3 N–H and O–H groups in total. The standard InChI is InChI=1S/C15H23ClN2O4S.ClH/c16-12-5-6-14(22-11-13-4-1-2-9-21-13)15(10-12)23(19,20)18-8-3-7-17;/h5-6,10,13,18H,1-4,7-9,11,17H2;1H. The Morgan fingerprint density at radius 3 is 2.83 bits per heavy atom. The Hall–Kier alpha value is -0.570. The summed E-state index contributed by atoms with van der Waals surface area (Å²) in [5, 5.41) is 0.338. The van der Waals surface area contributed by atoms with Crippen LogP contribution in [-0.4, -0.2) is 40.8 Å². The third kappa shape index (κ3) is 6.38. The molecule has 1 fully saturated rings. The maximum absolute atomic E-state index is 12.4. The normalized spacial score (nSPS) is 18.0. The summed E-state index contributed by atoms with van der Waals surface area (Å²) >= 11 is 5.94. The van der Waals surface area contributed by atoms with E-state index >= 15 is 0 Å². The van der Waals surface area contributed by atoms with Crippen molar-refractivity contribution in [1.29, 1.82) is 0 Å². The Morgan fingerprint density at radius 1 is 1.38 bits per heavy atom. The molecule has 2 rings (SSSR count). The molecule has 0 aromatic heterocycles. The minimum Gasteiger partial charge on any atom is -0.489 e. The van der Waals surface area contributed by atoms with E-state index in [-0.39, 0.29) is 35.7 Å². The first-order chi connectivity index (χ1) is 11.0. The zero-order valence-corrected chi connectivity index (χ0v) is 15.8. The first-order valence-corrected chi connectivity index (χ1v) is 9.63. The number of halogens is 2. The largest absolute Gasteiger partial charge is 0.489 e. The van der Waals surface area contributed by atoms with Gasteiger partial charge < -0.3 is 15.2 Å². The van der Waals surface area contributed by atoms with Crippen LogP contribution in [0.3, 0.4) is 0 Å². The SMILES string of the molecule is Cl.NCCCNS(=O)(=O)c1cc(Cl)ccc1OCC1CCCCO1. The molecule has 0 aliphatic carbocycles. The van der Waals surface area contributed by atoms with Crippen LogP contribution in [0.25, 0.3) is 0 Å². The monoisotopic (exact) mass is 398 g/mol. The van der Waals surface area contributed by atoms with Gasteiger partial charge in [0.1, 0.15) is 17.3 Å². The second-order valence-corrected chi connectivity index (χ2v) is 7.60. The Bertz CT molecular complexity index is 607. The van der Waals surface area contributed by atoms with Gasteiger partial charge in [0.05, 0.1) is 6.10 Å². The molecule has 0 saturated carbocycles. The first-order valence-electron chi connectivity index (χ1n) is 7.76. The van der Waals surface area contributed by atoms with Gasteiger partial charge in [-0.05, 0) is 50.4 Å². The van der Waals surface area contributed by atoms with Crippen LogP contribution in [0.1, 0.15) is 25.7 Å². The van der Waals surface area contributed by atoms with Gasteiger partial charge in [-0.2, -0.15) is 0 Å². The number of nitrogens with two attached hydrogens (primary N) is 1. The molecule has 9 heteroatoms. The number of rotatable bonds is 8. The minimum atomic E-state index is -3.69. The average Bonchev–Trinajstić information content (AvgIpc) is 2.55. The van der Waals surface area contributed by atoms with Gasteiger partial charge in [-0.15, -0.1) is 12.4 Å². The predicted molar refractivity (Wildman–Crippen MR) is 96.6 cm³/mol. The number of ether oxygens (including phenoxy) is 2. The summed E-state index contributed by atoms with van der Waals surface area (Å²) in [5.41, 5.74) is 5.39. The maximum Gasteiger partial charge on any atom is 0.244 e. The molecule has 24 heavy (non-hydrogen) atoms. The van der Waals surface area contributed by atoms with E-state index in [0.717, 1.165) is 25.9 Å². The summed E-state index contributed by atoms with van der Waals surface area (Å²) in [7, 11) is -3.69. The summed E-state index contributed by atoms with van der Waals surface area (Å²) in [5.74, 6) is 0.281. The molecule has 0 amide bonds. The number of benzene rings is 1. The molecule has 0 spiro atoms. The van der Waals surface area contributed by atoms with Gasteiger partial charge in [0.15, 0.2) is 0 Å². The summed E-state index contributed by atoms with van der Waals surface area (Å²) in [6, 6.07) is 4.57. The van der Waals surface area contributed by atoms with Crippen molar-refractivity contribution in [3.8, 4) is 5.75 Å². The van der Waals surface area contributed by atoms with E-state index in [9.17, 15) is 8.42 Å². The van der Waals surface area contributed by atoms with E-state index in [4.69, 9.17) is 26.8 Å². The van der Waals surface area contributed by atoms with Crippen molar-refractivity contribution in [1.82, 2.24) is 4.72 Å². The summed E-state index contributed by atoms with van der Waals surface area (Å²) < 4.78 is 38.6. The summed E-state index contributed by atoms with van der Waals surface area (Å²) in [6.45, 7) is 1.74. The van der Waals surface area contributed by atoms with Crippen LogP contribution in [-0.2, 0) is 14.8 Å². The van der Waals surface area contributed by atoms with Gasteiger partial charge in [0.25, 0.3) is 0 Å². The molecule has 138 valence electrons. The second kappa shape index (κ2) is 10.4. The van der Waals surface area contributed by atoms with Crippen molar-refractivity contribution in [3.63, 3.8) is 0 Å². The molecule has 1 atom stereocenters. The van der Waals surface area contributed by atoms with Crippen LogP contribution >= 0.6 is 24.0 Å². The second-order valence-electron chi connectivity index (χ2n) is 5.43. The van der Waals surface area contributed by atoms with Gasteiger partial charge >= 0.3 is 0 Å². The highest BCUT2D eigenvalue weighted by Gasteiger charge is 2.21. The zero-order valence-electron chi connectivity index (χ0n) is 13.4. The molecular weight excluding hydrogens is 375 g/mol. The van der Waals surface area contributed by atoms with Crippen molar-refractivity contribution < 1.29 is 17.9 Å². The Balaban J connectivity index is 0.00000288. The Labute approximate surface area is 154 Å². The molecule has 0 radical (unpaired) electrons. The molecule has 1 aliphatic heterocycles. The highest BCUT2D eigenvalue weighted by molar-refractivity contribution is 7.89. The Kier molecular flexibility index (Phi) is 9.33. The van der Waals surface area contributed by atoms with E-state index in [1.165, 1.54) is 6.07 Å². The highest BCUT2D eigenvalue weighted by Crippen LogP contribution is 2.28. The fourth-order valence-electron chi connectivity index (χ4n) is 2.32. The molecule has 1 aliphatic rings. The molecule has 1 unspecified atom stereocenters. The van der Waals surface area contributed by atoms with Crippen molar-refractivity contribution in [2.45, 2.75) is 36.7 Å². The van der Waals surface area contributed by atoms with Crippen LogP contribution in [0.4, 0.5) is 0 Å². The molecule has 1 heterocycles. The van der Waals surface area contributed by atoms with E-state index in [2.05, 4.69) is 4.72 Å². The van der Waals surface area contributed by atoms with Gasteiger partial charge in [0.2, 0.25) is 10.0 Å². The van der Waals surface area contributed by atoms with Crippen LogP contribution in [0.2, 0.25) is 5.02 Å². The third-order valence-electron chi connectivity index (χ3n) is 3.57. The molecule has 1 saturated heterocycles. The number of nitrogens with one attached hydrogen (secondary N) is 1. The fraction of sp³-hybridized carbons (Fsp3) is 0.600. The predicted octanol–water partition coefficient (Wildman–Crippen LogP) is 2.34. The lowest BCUT2D eigenvalue weighted by molar-refractivity contribution is -0.0116. The van der Waals surface area contributed by atoms with E-state index < -0.39 is 10.0 Å². The minimum absolute atomic E-state index is 0. The lowest BCUT2D eigenvalue weighted by Gasteiger charge is -2.23. The summed E-state index contributed by atoms with van der Waals surface area (Å²) in [6.07, 6.45) is 3.64. The number of hydrogen-bond donors (Lipinski definition) is 2. The Morgan fingerprint density at radius 2 is 2.17 bits per heavy atom. The van der Waals surface area contributed by atoms with Gasteiger partial charge in [0, 0.05) is 18.2 Å². The summed E-state index contributed by atoms with van der Waals surface area (Å²) in [4.78, 5) is 0.0397. The van der Waals surface area contributed by atoms with Crippen molar-refractivity contribution in [3.05, 3.63) is 23.2 Å². The fourth-order valence-corrected chi connectivity index (χ4v) is 3.80. The van der Waals surface area contributed by atoms with Crippen molar-refractivity contribution >= 4 is 34.0 Å². The van der Waals surface area contributed by atoms with E-state index in [1.807, 2.05) is 0 Å². The average molecular weight is 399 g/mol. The van der Waals surface area contributed by atoms with Crippen LogP contribution in [0.5, 0.6) is 5.75 Å². The molecule has 1 aromatic rings. The van der Waals surface area contributed by atoms with Crippen molar-refractivity contribution in [2.24, 2.45) is 5.73 Å². The van der Waals surface area contributed by atoms with Crippen molar-refractivity contribution in [2.75, 3.05) is 26.3 Å². The topological polar surface area (TPSA) is 90.7 Å². The van der Waals surface area contributed by atoms with E-state index in [0.29, 0.717) is 24.6 Å². The lowest BCUT2D eigenvalue weighted by atomic mass is 10.1. The van der Waals surface area contributed by atoms with Gasteiger partial charge in [-0.25, -0.2) is 13.1 Å². The molecule has 0 bridgehead atoms. The smallest absolute Gasteiger partial charge is 0.244 e. The van der Waals surface area contributed by atoms with Crippen LogP contribution in [0.15, 0.2) is 23.1 Å². The first kappa shape index (κ1) is 21.5. The zero-order chi connectivity index (χ0) is 16.7. The van der Waals surface area contributed by atoms with Gasteiger partial charge in [-0.1, -0.05) is 11.6 Å². The maximum atomic E-state index is 12.4. The lowest BCUT2D eigenvalue weighted by Crippen LogP contribution is -2.28. The van der Waals surface area contributed by atoms with E-state index in [1.54, 1.807) is 12.1 Å². The molecule has 6 nitrogen and oxygen atoms in total. The number of sulfonamides is 1. The van der Waals surface area contributed by atoms with Crippen LogP contribution < -0.4 is 15.2 Å². The molecular formula is C15H24Cl2N2O4S. The highest BCUT2D eigenvalue weighted by atomic mass is 35.5. The van der Waals surface area contributed by atoms with Crippen LogP contribution in [0, 0.1) is 0 Å². The van der Waals surface area contributed by atoms with Gasteiger partial charge in [-0.3, -0.25) is 0 Å². The quantitative estimate of drug-likeness (QED) is 0.655.